The number of ether oxygens (including phenoxy) is 1. The maximum absolute atomic E-state index is 13.1. The molecule has 32 heavy (non-hydrogen) atoms. The largest absolute Gasteiger partial charge is 0.358 e. The Balaban J connectivity index is 1.55. The molecule has 1 N–H and O–H groups in total. The van der Waals surface area contributed by atoms with Crippen LogP contribution in [0.1, 0.15) is 36.0 Å². The molecular formula is C24H32N4O2S2. The second-order valence-corrected chi connectivity index (χ2v) is 14.6. The molecule has 1 aliphatic rings. The van der Waals surface area contributed by atoms with Crippen LogP contribution in [0.5, 0.6) is 0 Å². The second-order valence-electron chi connectivity index (χ2n) is 9.12. The Morgan fingerprint density at radius 1 is 1.22 bits per heavy atom. The fraction of sp³-hybridized carbons (Fsp3) is 0.458. The Kier molecular flexibility index (Phi) is 7.33. The Labute approximate surface area is 195 Å². The van der Waals surface area contributed by atoms with E-state index in [9.17, 15) is 4.79 Å². The number of nitrogens with zero attached hydrogens (tertiary/aromatic N) is 3. The minimum absolute atomic E-state index is 0.0752. The molecular weight excluding hydrogens is 440 g/mol. The lowest BCUT2D eigenvalue weighted by Crippen LogP contribution is -2.32. The standard InChI is InChI=1S/C24H32N4O2S2/c1-32(2,3)14-13-30-17-28-15-20(23(29)25-19-11-7-8-12-19)22(27-28)24-26-21(16-31-24)18-9-5-4-6-10-18/h4-6,9-10,15-16,19H,7-8,11-14,17H2,1-3H3,(H,25,29). The number of rotatable bonds is 9. The minimum Gasteiger partial charge on any atom is -0.358 e. The summed E-state index contributed by atoms with van der Waals surface area (Å²) in [7, 11) is -0.602. The summed E-state index contributed by atoms with van der Waals surface area (Å²) < 4.78 is 7.58. The van der Waals surface area contributed by atoms with E-state index in [-0.39, 0.29) is 11.9 Å². The van der Waals surface area contributed by atoms with Gasteiger partial charge in [0.15, 0.2) is 0 Å². The first-order chi connectivity index (χ1) is 15.4. The van der Waals surface area contributed by atoms with Crippen molar-refractivity contribution >= 4 is 27.3 Å². The van der Waals surface area contributed by atoms with Gasteiger partial charge < -0.3 is 10.1 Å². The van der Waals surface area contributed by atoms with Crippen LogP contribution in [-0.4, -0.2) is 57.8 Å². The zero-order valence-electron chi connectivity index (χ0n) is 19.0. The summed E-state index contributed by atoms with van der Waals surface area (Å²) in [5.41, 5.74) is 3.14. The van der Waals surface area contributed by atoms with Crippen LogP contribution in [0, 0.1) is 0 Å². The van der Waals surface area contributed by atoms with Gasteiger partial charge in [-0.3, -0.25) is 4.79 Å². The van der Waals surface area contributed by atoms with E-state index < -0.39 is 10.0 Å². The molecule has 0 saturated heterocycles. The molecule has 1 aromatic carbocycles. The van der Waals surface area contributed by atoms with E-state index in [0.717, 1.165) is 34.9 Å². The van der Waals surface area contributed by atoms with Gasteiger partial charge in [-0.2, -0.15) is 5.10 Å². The molecule has 0 atom stereocenters. The highest BCUT2D eigenvalue weighted by atomic mass is 32.3. The van der Waals surface area contributed by atoms with Crippen LogP contribution in [-0.2, 0) is 11.5 Å². The maximum Gasteiger partial charge on any atom is 0.255 e. The summed E-state index contributed by atoms with van der Waals surface area (Å²) in [5, 5.41) is 10.7. The highest BCUT2D eigenvalue weighted by molar-refractivity contribution is 8.32. The smallest absolute Gasteiger partial charge is 0.255 e. The molecule has 0 unspecified atom stereocenters. The highest BCUT2D eigenvalue weighted by Crippen LogP contribution is 2.34. The molecule has 2 aromatic heterocycles. The van der Waals surface area contributed by atoms with Crippen molar-refractivity contribution < 1.29 is 9.53 Å². The van der Waals surface area contributed by atoms with Crippen molar-refractivity contribution in [3.63, 3.8) is 0 Å². The van der Waals surface area contributed by atoms with Gasteiger partial charge in [-0.15, -0.1) is 11.3 Å². The number of thiazole rings is 1. The number of aromatic nitrogens is 3. The predicted octanol–water partition coefficient (Wildman–Crippen LogP) is 5.01. The molecule has 2 heterocycles. The third-order valence-corrected chi connectivity index (χ3v) is 7.78. The maximum atomic E-state index is 13.1. The predicted molar refractivity (Wildman–Crippen MR) is 135 cm³/mol. The first-order valence-electron chi connectivity index (χ1n) is 11.0. The summed E-state index contributed by atoms with van der Waals surface area (Å²) in [4.78, 5) is 17.9. The summed E-state index contributed by atoms with van der Waals surface area (Å²) in [6.07, 6.45) is 13.1. The Bertz CT molecular complexity index is 1030. The molecule has 1 amide bonds. The zero-order chi connectivity index (χ0) is 22.6. The van der Waals surface area contributed by atoms with Crippen LogP contribution in [0.3, 0.4) is 0 Å². The molecule has 0 bridgehead atoms. The van der Waals surface area contributed by atoms with E-state index in [4.69, 9.17) is 14.8 Å². The van der Waals surface area contributed by atoms with E-state index in [1.807, 2.05) is 35.7 Å². The van der Waals surface area contributed by atoms with E-state index >= 15 is 0 Å². The van der Waals surface area contributed by atoms with Crippen LogP contribution in [0.4, 0.5) is 0 Å². The lowest BCUT2D eigenvalue weighted by atomic mass is 10.2. The van der Waals surface area contributed by atoms with E-state index in [1.165, 1.54) is 24.2 Å². The van der Waals surface area contributed by atoms with Crippen LogP contribution in [0.15, 0.2) is 41.9 Å². The van der Waals surface area contributed by atoms with Crippen LogP contribution in [0.25, 0.3) is 22.0 Å². The molecule has 1 aliphatic carbocycles. The quantitative estimate of drug-likeness (QED) is 0.444. The number of carbonyl (C=O) groups is 1. The monoisotopic (exact) mass is 472 g/mol. The third-order valence-electron chi connectivity index (χ3n) is 5.54. The van der Waals surface area contributed by atoms with E-state index in [2.05, 4.69) is 24.1 Å². The van der Waals surface area contributed by atoms with Crippen molar-refractivity contribution in [2.24, 2.45) is 0 Å². The molecule has 0 aliphatic heterocycles. The van der Waals surface area contributed by atoms with Crippen molar-refractivity contribution in [2.45, 2.75) is 38.5 Å². The zero-order valence-corrected chi connectivity index (χ0v) is 20.7. The third kappa shape index (κ3) is 5.99. The Morgan fingerprint density at radius 3 is 2.69 bits per heavy atom. The topological polar surface area (TPSA) is 69.0 Å². The molecule has 8 heteroatoms. The number of carbonyl (C=O) groups excluding carboxylic acids is 1. The van der Waals surface area contributed by atoms with Gasteiger partial charge in [0, 0.05) is 28.9 Å². The first kappa shape index (κ1) is 23.0. The van der Waals surface area contributed by atoms with Gasteiger partial charge in [0.05, 0.1) is 17.9 Å². The van der Waals surface area contributed by atoms with Crippen LogP contribution in [0.2, 0.25) is 0 Å². The highest BCUT2D eigenvalue weighted by Gasteiger charge is 2.24. The van der Waals surface area contributed by atoms with Gasteiger partial charge in [-0.1, -0.05) is 43.2 Å². The number of benzene rings is 1. The molecule has 1 fully saturated rings. The summed E-state index contributed by atoms with van der Waals surface area (Å²) in [5.74, 6) is 0.969. The summed E-state index contributed by atoms with van der Waals surface area (Å²) in [6.45, 7) is 1.02. The second kappa shape index (κ2) is 10.2. The molecule has 3 aromatic rings. The Morgan fingerprint density at radius 2 is 1.97 bits per heavy atom. The molecule has 1 saturated carbocycles. The van der Waals surface area contributed by atoms with Gasteiger partial charge in [0.2, 0.25) is 0 Å². The fourth-order valence-corrected chi connectivity index (χ4v) is 5.18. The molecule has 0 spiro atoms. The number of hydrogen-bond donors (Lipinski definition) is 1. The molecule has 6 nitrogen and oxygen atoms in total. The van der Waals surface area contributed by atoms with Gasteiger partial charge in [0.25, 0.3) is 5.91 Å². The van der Waals surface area contributed by atoms with Crippen molar-refractivity contribution in [1.82, 2.24) is 20.1 Å². The lowest BCUT2D eigenvalue weighted by Gasteiger charge is -2.24. The number of hydrogen-bond acceptors (Lipinski definition) is 5. The van der Waals surface area contributed by atoms with Crippen LogP contribution < -0.4 is 5.32 Å². The van der Waals surface area contributed by atoms with E-state index in [0.29, 0.717) is 24.6 Å². The van der Waals surface area contributed by atoms with Crippen molar-refractivity contribution in [3.8, 4) is 22.0 Å². The van der Waals surface area contributed by atoms with Gasteiger partial charge in [0.1, 0.15) is 17.4 Å². The summed E-state index contributed by atoms with van der Waals surface area (Å²) >= 11 is 1.51. The fourth-order valence-electron chi connectivity index (χ4n) is 3.74. The molecule has 172 valence electrons. The SMILES string of the molecule is CS(C)(C)CCOCn1cc(C(=O)NC2CCCC2)c(-c2nc(-c3ccccc3)cs2)n1. The van der Waals surface area contributed by atoms with Crippen molar-refractivity contribution in [1.29, 1.82) is 0 Å². The molecule has 4 rings (SSSR count). The average molecular weight is 473 g/mol. The Hall–Kier alpha value is -2.16. The first-order valence-corrected chi connectivity index (χ1v) is 14.9. The van der Waals surface area contributed by atoms with Crippen LogP contribution >= 0.6 is 21.4 Å². The van der Waals surface area contributed by atoms with Gasteiger partial charge >= 0.3 is 0 Å². The van der Waals surface area contributed by atoms with Crippen molar-refractivity contribution in [2.75, 3.05) is 31.1 Å². The molecule has 0 radical (unpaired) electrons. The van der Waals surface area contributed by atoms with Crippen molar-refractivity contribution in [3.05, 3.63) is 47.5 Å². The van der Waals surface area contributed by atoms with Gasteiger partial charge in [-0.25, -0.2) is 19.7 Å². The summed E-state index contributed by atoms with van der Waals surface area (Å²) in [6, 6.07) is 10.3. The number of amides is 1. The number of nitrogens with one attached hydrogen (secondary N) is 1. The average Bonchev–Trinajstić information content (AvgIpc) is 3.51. The minimum atomic E-state index is -0.602. The lowest BCUT2D eigenvalue weighted by molar-refractivity contribution is 0.0808. The van der Waals surface area contributed by atoms with Gasteiger partial charge in [-0.05, 0) is 31.6 Å². The normalized spacial score (nSPS) is 15.2. The van der Waals surface area contributed by atoms with E-state index in [1.54, 1.807) is 10.9 Å².